The molecule has 1 fully saturated rings. The first-order valence-corrected chi connectivity index (χ1v) is 8.14. The topological polar surface area (TPSA) is 131 Å². The molecule has 3 rings (SSSR count). The van der Waals surface area contributed by atoms with Gasteiger partial charge in [0.2, 0.25) is 5.91 Å². The highest BCUT2D eigenvalue weighted by Crippen LogP contribution is 2.20. The predicted octanol–water partition coefficient (Wildman–Crippen LogP) is -0.0287. The number of likely N-dealkylation sites (tertiary alicyclic amines) is 1. The second-order valence-corrected chi connectivity index (χ2v) is 5.86. The second-order valence-electron chi connectivity index (χ2n) is 5.86. The highest BCUT2D eigenvalue weighted by molar-refractivity contribution is 5.97. The van der Waals surface area contributed by atoms with Gasteiger partial charge in [0, 0.05) is 18.2 Å². The summed E-state index contributed by atoms with van der Waals surface area (Å²) in [5.74, 6) is -1.07. The number of hydrogen-bond acceptors (Lipinski definition) is 6. The molecule has 1 aliphatic heterocycles. The number of nitrogens with two attached hydrogens (primary N) is 1. The van der Waals surface area contributed by atoms with Crippen LogP contribution in [0, 0.1) is 0 Å². The van der Waals surface area contributed by atoms with Crippen molar-refractivity contribution in [2.45, 2.75) is 18.5 Å². The molecule has 0 radical (unpaired) electrons. The van der Waals surface area contributed by atoms with Crippen LogP contribution in [0.2, 0.25) is 0 Å². The Morgan fingerprint density at radius 2 is 2.04 bits per heavy atom. The minimum absolute atomic E-state index is 0.0481. The van der Waals surface area contributed by atoms with Crippen LogP contribution in [0.3, 0.4) is 0 Å². The number of aromatic nitrogens is 1. The first-order valence-electron chi connectivity index (χ1n) is 8.14. The van der Waals surface area contributed by atoms with Crippen molar-refractivity contribution in [3.05, 3.63) is 48.4 Å². The van der Waals surface area contributed by atoms with Crippen LogP contribution in [0.15, 0.2) is 47.2 Å². The quantitative estimate of drug-likeness (QED) is 0.689. The van der Waals surface area contributed by atoms with Crippen LogP contribution in [-0.4, -0.2) is 52.8 Å². The van der Waals surface area contributed by atoms with E-state index in [1.54, 1.807) is 24.3 Å². The molecule has 1 aromatic heterocycles. The molecule has 26 heavy (non-hydrogen) atoms. The molecule has 0 spiro atoms. The lowest BCUT2D eigenvalue weighted by Gasteiger charge is -2.22. The lowest BCUT2D eigenvalue weighted by Crippen LogP contribution is -2.46. The second kappa shape index (κ2) is 7.79. The molecule has 2 atom stereocenters. The molecule has 0 saturated carbocycles. The first kappa shape index (κ1) is 17.6. The van der Waals surface area contributed by atoms with E-state index < -0.39 is 11.9 Å². The number of nitrogens with one attached hydrogen (secondary N) is 2. The Morgan fingerprint density at radius 1 is 1.27 bits per heavy atom. The third-order valence-electron chi connectivity index (χ3n) is 4.13. The molecule has 2 unspecified atom stereocenters. The Morgan fingerprint density at radius 3 is 2.69 bits per heavy atom. The number of rotatable bonds is 5. The van der Waals surface area contributed by atoms with E-state index >= 15 is 0 Å². The number of carbonyl (C=O) groups excluding carboxylic acids is 3. The third-order valence-corrected chi connectivity index (χ3v) is 4.13. The zero-order valence-electron chi connectivity index (χ0n) is 13.9. The van der Waals surface area contributed by atoms with E-state index in [2.05, 4.69) is 15.6 Å². The van der Waals surface area contributed by atoms with Crippen LogP contribution in [0.5, 0.6) is 0 Å². The third kappa shape index (κ3) is 3.89. The first-order chi connectivity index (χ1) is 12.6. The van der Waals surface area contributed by atoms with E-state index in [0.29, 0.717) is 5.56 Å². The molecular weight excluding hydrogens is 338 g/mol. The SMILES string of the molecule is NCC(=O)N1CC(NC(=O)c2ccccc2)CC1C(=O)Nc1ncco1. The summed E-state index contributed by atoms with van der Waals surface area (Å²) in [5, 5.41) is 5.37. The van der Waals surface area contributed by atoms with Crippen LogP contribution < -0.4 is 16.4 Å². The number of hydrogen-bond donors (Lipinski definition) is 3. The van der Waals surface area contributed by atoms with Crippen LogP contribution >= 0.6 is 0 Å². The van der Waals surface area contributed by atoms with Crippen LogP contribution in [-0.2, 0) is 9.59 Å². The Kier molecular flexibility index (Phi) is 5.28. The molecular formula is C17H19N5O4. The normalized spacial score (nSPS) is 19.2. The molecule has 1 saturated heterocycles. The molecule has 1 aliphatic rings. The summed E-state index contributed by atoms with van der Waals surface area (Å²) in [5.41, 5.74) is 5.96. The number of carbonyl (C=O) groups is 3. The van der Waals surface area contributed by atoms with Crippen molar-refractivity contribution < 1.29 is 18.8 Å². The van der Waals surface area contributed by atoms with Gasteiger partial charge in [-0.3, -0.25) is 19.7 Å². The summed E-state index contributed by atoms with van der Waals surface area (Å²) in [6.45, 7) is -0.0135. The number of anilines is 1. The highest BCUT2D eigenvalue weighted by atomic mass is 16.4. The number of oxazole rings is 1. The van der Waals surface area contributed by atoms with Crippen molar-refractivity contribution in [2.75, 3.05) is 18.4 Å². The summed E-state index contributed by atoms with van der Waals surface area (Å²) in [4.78, 5) is 42.1. The molecule has 2 heterocycles. The average Bonchev–Trinajstić information content (AvgIpc) is 3.31. The largest absolute Gasteiger partial charge is 0.432 e. The number of benzene rings is 1. The molecule has 2 aromatic rings. The lowest BCUT2D eigenvalue weighted by atomic mass is 10.1. The Bertz CT molecular complexity index is 778. The molecule has 0 bridgehead atoms. The van der Waals surface area contributed by atoms with Gasteiger partial charge >= 0.3 is 6.01 Å². The van der Waals surface area contributed by atoms with Crippen molar-refractivity contribution >= 4 is 23.7 Å². The summed E-state index contributed by atoms with van der Waals surface area (Å²) >= 11 is 0. The van der Waals surface area contributed by atoms with E-state index in [0.717, 1.165) is 0 Å². The van der Waals surface area contributed by atoms with Crippen molar-refractivity contribution in [3.63, 3.8) is 0 Å². The van der Waals surface area contributed by atoms with E-state index in [1.165, 1.54) is 17.4 Å². The fourth-order valence-electron chi connectivity index (χ4n) is 2.91. The van der Waals surface area contributed by atoms with Gasteiger partial charge in [-0.1, -0.05) is 18.2 Å². The lowest BCUT2D eigenvalue weighted by molar-refractivity contribution is -0.135. The van der Waals surface area contributed by atoms with Gasteiger partial charge in [0.1, 0.15) is 12.3 Å². The molecule has 9 heteroatoms. The van der Waals surface area contributed by atoms with Gasteiger partial charge in [-0.15, -0.1) is 0 Å². The van der Waals surface area contributed by atoms with Crippen molar-refractivity contribution in [3.8, 4) is 0 Å². The van der Waals surface area contributed by atoms with Gasteiger partial charge in [-0.2, -0.15) is 0 Å². The van der Waals surface area contributed by atoms with Crippen molar-refractivity contribution in [1.82, 2.24) is 15.2 Å². The molecule has 0 aliphatic carbocycles. The van der Waals surface area contributed by atoms with Crippen molar-refractivity contribution in [1.29, 1.82) is 0 Å². The van der Waals surface area contributed by atoms with E-state index in [1.807, 2.05) is 6.07 Å². The van der Waals surface area contributed by atoms with Crippen LogP contribution in [0.25, 0.3) is 0 Å². The van der Waals surface area contributed by atoms with Crippen LogP contribution in [0.4, 0.5) is 6.01 Å². The van der Waals surface area contributed by atoms with Gasteiger partial charge in [0.05, 0.1) is 12.7 Å². The smallest absolute Gasteiger partial charge is 0.301 e. The zero-order valence-corrected chi connectivity index (χ0v) is 13.9. The number of amides is 3. The minimum Gasteiger partial charge on any atom is -0.432 e. The zero-order chi connectivity index (χ0) is 18.5. The molecule has 1 aromatic carbocycles. The van der Waals surface area contributed by atoms with E-state index in [-0.39, 0.29) is 43.4 Å². The average molecular weight is 357 g/mol. The summed E-state index contributed by atoms with van der Waals surface area (Å²) in [6.07, 6.45) is 3.00. The summed E-state index contributed by atoms with van der Waals surface area (Å²) in [7, 11) is 0. The highest BCUT2D eigenvalue weighted by Gasteiger charge is 2.40. The maximum absolute atomic E-state index is 12.5. The Hall–Kier alpha value is -3.20. The van der Waals surface area contributed by atoms with Gasteiger partial charge in [0.25, 0.3) is 11.8 Å². The molecule has 136 valence electrons. The number of nitrogens with zero attached hydrogens (tertiary/aromatic N) is 2. The fraction of sp³-hybridized carbons (Fsp3) is 0.294. The van der Waals surface area contributed by atoms with Gasteiger partial charge in [-0.05, 0) is 18.6 Å². The van der Waals surface area contributed by atoms with Crippen molar-refractivity contribution in [2.24, 2.45) is 5.73 Å². The Balaban J connectivity index is 1.69. The maximum Gasteiger partial charge on any atom is 0.301 e. The van der Waals surface area contributed by atoms with Gasteiger partial charge < -0.3 is 20.4 Å². The molecule has 9 nitrogen and oxygen atoms in total. The van der Waals surface area contributed by atoms with E-state index in [4.69, 9.17) is 10.2 Å². The standard InChI is InChI=1S/C17H19N5O4/c18-9-14(23)22-10-12(20-15(24)11-4-2-1-3-5-11)8-13(22)16(25)21-17-19-6-7-26-17/h1-7,12-13H,8-10,18H2,(H,20,24)(H,19,21,25). The van der Waals surface area contributed by atoms with Gasteiger partial charge in [0.15, 0.2) is 0 Å². The Labute approximate surface area is 149 Å². The maximum atomic E-state index is 12.5. The van der Waals surface area contributed by atoms with Crippen LogP contribution in [0.1, 0.15) is 16.8 Å². The minimum atomic E-state index is -0.765. The van der Waals surface area contributed by atoms with Gasteiger partial charge in [-0.25, -0.2) is 4.98 Å². The fourth-order valence-corrected chi connectivity index (χ4v) is 2.91. The summed E-state index contributed by atoms with van der Waals surface area (Å²) < 4.78 is 4.99. The molecule has 3 amide bonds. The predicted molar refractivity (Wildman–Crippen MR) is 92.0 cm³/mol. The summed E-state index contributed by atoms with van der Waals surface area (Å²) in [6, 6.07) is 7.65. The van der Waals surface area contributed by atoms with E-state index in [9.17, 15) is 14.4 Å². The monoisotopic (exact) mass is 357 g/mol. The molecule has 4 N–H and O–H groups in total.